The van der Waals surface area contributed by atoms with Crippen LogP contribution in [0.4, 0.5) is 18.9 Å². The van der Waals surface area contributed by atoms with Crippen LogP contribution in [-0.4, -0.2) is 30.3 Å². The molecule has 1 amide bonds. The number of carbonyl (C=O) groups excluding carboxylic acids is 1. The standard InChI is InChI=1S/C13H15F3N2O2S/c1-8(17-4-5-21-13(14,15)16)9-2-3-11-10(6-9)18-12(19)7-20-11/h2-3,6,8,17H,4-5,7H2,1H3,(H,18,19). The molecule has 1 aliphatic heterocycles. The summed E-state index contributed by atoms with van der Waals surface area (Å²) in [4.78, 5) is 11.3. The molecular weight excluding hydrogens is 305 g/mol. The van der Waals surface area contributed by atoms with Crippen LogP contribution in [0.1, 0.15) is 18.5 Å². The van der Waals surface area contributed by atoms with E-state index < -0.39 is 5.51 Å². The minimum absolute atomic E-state index is 0.00514. The van der Waals surface area contributed by atoms with Crippen LogP contribution < -0.4 is 15.4 Å². The summed E-state index contributed by atoms with van der Waals surface area (Å²) in [6.45, 7) is 2.09. The van der Waals surface area contributed by atoms with Crippen LogP contribution in [-0.2, 0) is 4.79 Å². The molecule has 1 unspecified atom stereocenters. The quantitative estimate of drug-likeness (QED) is 0.819. The molecule has 8 heteroatoms. The number of ether oxygens (including phenoxy) is 1. The zero-order chi connectivity index (χ0) is 15.5. The number of thioether (sulfide) groups is 1. The fourth-order valence-electron chi connectivity index (χ4n) is 1.93. The maximum atomic E-state index is 12.0. The van der Waals surface area contributed by atoms with Crippen molar-refractivity contribution in [3.05, 3.63) is 23.8 Å². The van der Waals surface area contributed by atoms with Crippen molar-refractivity contribution in [3.63, 3.8) is 0 Å². The molecule has 0 radical (unpaired) electrons. The molecule has 1 heterocycles. The molecule has 0 aliphatic carbocycles. The average molecular weight is 320 g/mol. The summed E-state index contributed by atoms with van der Waals surface area (Å²) in [6.07, 6.45) is 0. The summed E-state index contributed by atoms with van der Waals surface area (Å²) in [5.74, 6) is 0.332. The minimum atomic E-state index is -4.20. The van der Waals surface area contributed by atoms with Crippen LogP contribution in [0.5, 0.6) is 5.75 Å². The van der Waals surface area contributed by atoms with Crippen LogP contribution in [0.2, 0.25) is 0 Å². The lowest BCUT2D eigenvalue weighted by molar-refractivity contribution is -0.118. The number of hydrogen-bond acceptors (Lipinski definition) is 4. The average Bonchev–Trinajstić information content (AvgIpc) is 2.41. The summed E-state index contributed by atoms with van der Waals surface area (Å²) in [6, 6.07) is 5.21. The second-order valence-corrected chi connectivity index (χ2v) is 5.72. The van der Waals surface area contributed by atoms with E-state index in [1.807, 2.05) is 13.0 Å². The molecule has 1 aromatic carbocycles. The van der Waals surface area contributed by atoms with Gasteiger partial charge in [0.05, 0.1) is 5.69 Å². The molecule has 0 fully saturated rings. The predicted octanol–water partition coefficient (Wildman–Crippen LogP) is 2.92. The van der Waals surface area contributed by atoms with Crippen molar-refractivity contribution >= 4 is 23.4 Å². The fraction of sp³-hybridized carbons (Fsp3) is 0.462. The van der Waals surface area contributed by atoms with Gasteiger partial charge in [-0.05, 0) is 36.4 Å². The third-order valence-electron chi connectivity index (χ3n) is 2.95. The van der Waals surface area contributed by atoms with Gasteiger partial charge in [-0.1, -0.05) is 6.07 Å². The summed E-state index contributed by atoms with van der Waals surface area (Å²) in [7, 11) is 0. The van der Waals surface area contributed by atoms with Crippen molar-refractivity contribution in [2.75, 3.05) is 24.2 Å². The van der Waals surface area contributed by atoms with Crippen LogP contribution >= 0.6 is 11.8 Å². The summed E-state index contributed by atoms with van der Waals surface area (Å²) < 4.78 is 41.3. The van der Waals surface area contributed by atoms with E-state index in [0.29, 0.717) is 11.4 Å². The Kier molecular flexibility index (Phi) is 5.00. The first-order chi connectivity index (χ1) is 9.85. The van der Waals surface area contributed by atoms with Gasteiger partial charge in [0.2, 0.25) is 0 Å². The van der Waals surface area contributed by atoms with E-state index in [9.17, 15) is 18.0 Å². The molecule has 1 aromatic rings. The largest absolute Gasteiger partial charge is 0.482 e. The molecule has 21 heavy (non-hydrogen) atoms. The van der Waals surface area contributed by atoms with E-state index in [1.54, 1.807) is 12.1 Å². The first-order valence-electron chi connectivity index (χ1n) is 6.36. The molecule has 0 saturated carbocycles. The van der Waals surface area contributed by atoms with Gasteiger partial charge >= 0.3 is 5.51 Å². The van der Waals surface area contributed by atoms with Gasteiger partial charge in [-0.3, -0.25) is 4.79 Å². The van der Waals surface area contributed by atoms with Crippen LogP contribution in [0.25, 0.3) is 0 Å². The van der Waals surface area contributed by atoms with Crippen LogP contribution in [0.3, 0.4) is 0 Å². The highest BCUT2D eigenvalue weighted by molar-refractivity contribution is 8.00. The van der Waals surface area contributed by atoms with E-state index in [4.69, 9.17) is 4.74 Å². The Morgan fingerprint density at radius 2 is 2.24 bits per heavy atom. The second kappa shape index (κ2) is 6.57. The first kappa shape index (κ1) is 16.0. The van der Waals surface area contributed by atoms with Gasteiger partial charge in [-0.25, -0.2) is 0 Å². The number of benzene rings is 1. The van der Waals surface area contributed by atoms with E-state index in [-0.39, 0.29) is 42.6 Å². The number of anilines is 1. The third kappa shape index (κ3) is 4.82. The molecule has 0 bridgehead atoms. The lowest BCUT2D eigenvalue weighted by Gasteiger charge is -2.21. The van der Waals surface area contributed by atoms with Crippen molar-refractivity contribution in [2.24, 2.45) is 0 Å². The summed E-state index contributed by atoms with van der Waals surface area (Å²) in [5.41, 5.74) is -2.74. The van der Waals surface area contributed by atoms with Gasteiger partial charge < -0.3 is 15.4 Å². The van der Waals surface area contributed by atoms with Crippen molar-refractivity contribution in [1.29, 1.82) is 0 Å². The maximum Gasteiger partial charge on any atom is 0.441 e. The Morgan fingerprint density at radius 3 is 2.95 bits per heavy atom. The van der Waals surface area contributed by atoms with Gasteiger partial charge in [0, 0.05) is 18.3 Å². The van der Waals surface area contributed by atoms with Crippen molar-refractivity contribution in [2.45, 2.75) is 18.5 Å². The highest BCUT2D eigenvalue weighted by atomic mass is 32.2. The Bertz CT molecular complexity index is 523. The minimum Gasteiger partial charge on any atom is -0.482 e. The van der Waals surface area contributed by atoms with Crippen molar-refractivity contribution in [3.8, 4) is 5.75 Å². The third-order valence-corrected chi connectivity index (χ3v) is 3.69. The Balaban J connectivity index is 1.89. The molecule has 1 atom stereocenters. The van der Waals surface area contributed by atoms with Crippen molar-refractivity contribution < 1.29 is 22.7 Å². The molecule has 2 N–H and O–H groups in total. The summed E-state index contributed by atoms with van der Waals surface area (Å²) >= 11 is -0.0456. The number of hydrogen-bond donors (Lipinski definition) is 2. The second-order valence-electron chi connectivity index (χ2n) is 4.56. The van der Waals surface area contributed by atoms with E-state index >= 15 is 0 Å². The van der Waals surface area contributed by atoms with Crippen LogP contribution in [0, 0.1) is 0 Å². The number of amides is 1. The molecule has 0 spiro atoms. The highest BCUT2D eigenvalue weighted by Gasteiger charge is 2.27. The maximum absolute atomic E-state index is 12.0. The monoisotopic (exact) mass is 320 g/mol. The Morgan fingerprint density at radius 1 is 1.48 bits per heavy atom. The zero-order valence-electron chi connectivity index (χ0n) is 11.3. The molecule has 0 saturated heterocycles. The fourth-order valence-corrected chi connectivity index (χ4v) is 2.38. The molecule has 0 aromatic heterocycles. The number of alkyl halides is 3. The number of carbonyl (C=O) groups is 1. The molecular formula is C13H15F3N2O2S. The van der Waals surface area contributed by atoms with Gasteiger partial charge in [-0.15, -0.1) is 0 Å². The zero-order valence-corrected chi connectivity index (χ0v) is 12.1. The first-order valence-corrected chi connectivity index (χ1v) is 7.34. The SMILES string of the molecule is CC(NCCSC(F)(F)F)c1ccc2c(c1)NC(=O)CO2. The van der Waals surface area contributed by atoms with E-state index in [2.05, 4.69) is 10.6 Å². The van der Waals surface area contributed by atoms with Gasteiger partial charge in [0.15, 0.2) is 6.61 Å². The molecule has 4 nitrogen and oxygen atoms in total. The Hall–Kier alpha value is -1.41. The van der Waals surface area contributed by atoms with E-state index in [0.717, 1.165) is 5.56 Å². The number of halogens is 3. The van der Waals surface area contributed by atoms with Crippen molar-refractivity contribution in [1.82, 2.24) is 5.32 Å². The molecule has 116 valence electrons. The van der Waals surface area contributed by atoms with Gasteiger partial charge in [-0.2, -0.15) is 13.2 Å². The molecule has 2 rings (SSSR count). The number of nitrogens with one attached hydrogen (secondary N) is 2. The smallest absolute Gasteiger partial charge is 0.441 e. The topological polar surface area (TPSA) is 50.4 Å². The lowest BCUT2D eigenvalue weighted by Crippen LogP contribution is -2.26. The highest BCUT2D eigenvalue weighted by Crippen LogP contribution is 2.31. The normalized spacial score (nSPS) is 15.9. The van der Waals surface area contributed by atoms with Crippen LogP contribution in [0.15, 0.2) is 18.2 Å². The predicted molar refractivity (Wildman–Crippen MR) is 75.5 cm³/mol. The van der Waals surface area contributed by atoms with E-state index in [1.165, 1.54) is 0 Å². The van der Waals surface area contributed by atoms with Gasteiger partial charge in [0.1, 0.15) is 5.75 Å². The number of fused-ring (bicyclic) bond motifs is 1. The lowest BCUT2D eigenvalue weighted by atomic mass is 10.1. The Labute approximate surface area is 124 Å². The molecule has 1 aliphatic rings. The van der Waals surface area contributed by atoms with Gasteiger partial charge in [0.25, 0.3) is 5.91 Å². The summed E-state index contributed by atoms with van der Waals surface area (Å²) in [5, 5.41) is 5.71. The number of rotatable bonds is 5.